The van der Waals surface area contributed by atoms with E-state index in [-0.39, 0.29) is 6.61 Å². The van der Waals surface area contributed by atoms with E-state index in [0.717, 1.165) is 5.56 Å². The standard InChI is InChI=1S/C15H21NO5/c1-15(2)20-9-12(21-15)13(16-14(18)19)11(17)8-10-6-4-3-5-7-10/h3-7,11-13,16-17H,8-9H2,1-2H3,(H,18,19)/t11-,12+,13?/m1/s1. The fourth-order valence-electron chi connectivity index (χ4n) is 2.45. The third kappa shape index (κ3) is 4.42. The Morgan fingerprint density at radius 1 is 1.43 bits per heavy atom. The number of amides is 1. The fourth-order valence-corrected chi connectivity index (χ4v) is 2.45. The van der Waals surface area contributed by atoms with Crippen LogP contribution in [0.2, 0.25) is 0 Å². The molecule has 0 aliphatic carbocycles. The van der Waals surface area contributed by atoms with Gasteiger partial charge in [-0.15, -0.1) is 0 Å². The van der Waals surface area contributed by atoms with Gasteiger partial charge in [-0.05, 0) is 19.4 Å². The largest absolute Gasteiger partial charge is 0.465 e. The minimum atomic E-state index is -1.19. The maximum Gasteiger partial charge on any atom is 0.405 e. The second kappa shape index (κ2) is 6.43. The predicted molar refractivity (Wildman–Crippen MR) is 76.0 cm³/mol. The zero-order valence-corrected chi connectivity index (χ0v) is 12.2. The molecule has 0 saturated carbocycles. The van der Waals surface area contributed by atoms with Crippen molar-refractivity contribution in [3.63, 3.8) is 0 Å². The Hall–Kier alpha value is -1.63. The molecule has 1 aliphatic heterocycles. The average Bonchev–Trinajstić information content (AvgIpc) is 2.77. The molecule has 6 nitrogen and oxygen atoms in total. The number of aliphatic hydroxyl groups excluding tert-OH is 1. The number of carbonyl (C=O) groups is 1. The molecule has 1 fully saturated rings. The van der Waals surface area contributed by atoms with Crippen LogP contribution in [0.15, 0.2) is 30.3 Å². The highest BCUT2D eigenvalue weighted by atomic mass is 16.7. The summed E-state index contributed by atoms with van der Waals surface area (Å²) >= 11 is 0. The second-order valence-corrected chi connectivity index (χ2v) is 5.60. The average molecular weight is 295 g/mol. The molecule has 2 rings (SSSR count). The third-order valence-electron chi connectivity index (χ3n) is 3.42. The predicted octanol–water partition coefficient (Wildman–Crippen LogP) is 1.38. The number of carboxylic acid groups (broad SMARTS) is 1. The van der Waals surface area contributed by atoms with Crippen molar-refractivity contribution in [2.75, 3.05) is 6.61 Å². The molecule has 1 aromatic rings. The number of aliphatic hydroxyl groups is 1. The monoisotopic (exact) mass is 295 g/mol. The topological polar surface area (TPSA) is 88.0 Å². The van der Waals surface area contributed by atoms with Gasteiger partial charge in [-0.1, -0.05) is 30.3 Å². The van der Waals surface area contributed by atoms with Gasteiger partial charge in [-0.3, -0.25) is 0 Å². The summed E-state index contributed by atoms with van der Waals surface area (Å²) in [6.45, 7) is 3.76. The lowest BCUT2D eigenvalue weighted by Gasteiger charge is -2.28. The number of hydrogen-bond donors (Lipinski definition) is 3. The van der Waals surface area contributed by atoms with Gasteiger partial charge in [0.2, 0.25) is 0 Å². The summed E-state index contributed by atoms with van der Waals surface area (Å²) in [7, 11) is 0. The van der Waals surface area contributed by atoms with Gasteiger partial charge in [0.05, 0.1) is 18.8 Å². The smallest absolute Gasteiger partial charge is 0.405 e. The van der Waals surface area contributed by atoms with Crippen molar-refractivity contribution in [2.45, 2.75) is 44.3 Å². The molecule has 116 valence electrons. The Balaban J connectivity index is 2.06. The van der Waals surface area contributed by atoms with Crippen LogP contribution >= 0.6 is 0 Å². The summed E-state index contributed by atoms with van der Waals surface area (Å²) < 4.78 is 11.1. The Kier molecular flexibility index (Phi) is 4.82. The molecule has 1 unspecified atom stereocenters. The molecule has 0 radical (unpaired) electrons. The number of ether oxygens (including phenoxy) is 2. The molecule has 0 aromatic heterocycles. The molecular weight excluding hydrogens is 274 g/mol. The number of benzene rings is 1. The van der Waals surface area contributed by atoms with Gasteiger partial charge in [0.25, 0.3) is 0 Å². The molecule has 21 heavy (non-hydrogen) atoms. The lowest BCUT2D eigenvalue weighted by molar-refractivity contribution is -0.145. The van der Waals surface area contributed by atoms with Crippen molar-refractivity contribution in [1.29, 1.82) is 0 Å². The van der Waals surface area contributed by atoms with Gasteiger partial charge in [-0.2, -0.15) is 0 Å². The highest BCUT2D eigenvalue weighted by molar-refractivity contribution is 5.65. The van der Waals surface area contributed by atoms with Crippen LogP contribution in [0.3, 0.4) is 0 Å². The summed E-state index contributed by atoms with van der Waals surface area (Å²) in [4.78, 5) is 11.0. The van der Waals surface area contributed by atoms with Crippen LogP contribution in [-0.4, -0.2) is 47.0 Å². The van der Waals surface area contributed by atoms with Crippen molar-refractivity contribution in [1.82, 2.24) is 5.32 Å². The van der Waals surface area contributed by atoms with Gasteiger partial charge < -0.3 is 25.0 Å². The first kappa shape index (κ1) is 15.8. The van der Waals surface area contributed by atoms with Crippen LogP contribution in [-0.2, 0) is 15.9 Å². The molecule has 3 N–H and O–H groups in total. The normalized spacial score (nSPS) is 23.5. The molecular formula is C15H21NO5. The first-order chi connectivity index (χ1) is 9.87. The lowest BCUT2D eigenvalue weighted by Crippen LogP contribution is -2.52. The highest BCUT2D eigenvalue weighted by Gasteiger charge is 2.40. The van der Waals surface area contributed by atoms with Crippen LogP contribution in [0.4, 0.5) is 4.79 Å². The second-order valence-electron chi connectivity index (χ2n) is 5.60. The van der Waals surface area contributed by atoms with Crippen molar-refractivity contribution >= 4 is 6.09 Å². The molecule has 0 bridgehead atoms. The molecule has 1 heterocycles. The van der Waals surface area contributed by atoms with Crippen molar-refractivity contribution in [2.24, 2.45) is 0 Å². The summed E-state index contributed by atoms with van der Waals surface area (Å²) in [6.07, 6.45) is -2.27. The number of rotatable bonds is 5. The van der Waals surface area contributed by atoms with E-state index in [4.69, 9.17) is 14.6 Å². The first-order valence-corrected chi connectivity index (χ1v) is 6.90. The van der Waals surface area contributed by atoms with Gasteiger partial charge in [0.15, 0.2) is 5.79 Å². The Morgan fingerprint density at radius 2 is 2.10 bits per heavy atom. The maximum absolute atomic E-state index is 11.0. The van der Waals surface area contributed by atoms with Crippen molar-refractivity contribution in [3.05, 3.63) is 35.9 Å². The quantitative estimate of drug-likeness (QED) is 0.764. The molecule has 1 aromatic carbocycles. The van der Waals surface area contributed by atoms with E-state index in [2.05, 4.69) is 5.32 Å². The highest BCUT2D eigenvalue weighted by Crippen LogP contribution is 2.26. The van der Waals surface area contributed by atoms with Crippen LogP contribution in [0.1, 0.15) is 19.4 Å². The van der Waals surface area contributed by atoms with E-state index in [0.29, 0.717) is 6.42 Å². The van der Waals surface area contributed by atoms with Crippen LogP contribution in [0.25, 0.3) is 0 Å². The van der Waals surface area contributed by atoms with E-state index in [1.54, 1.807) is 13.8 Å². The van der Waals surface area contributed by atoms with E-state index in [1.165, 1.54) is 0 Å². The Bertz CT molecular complexity index is 476. The minimum Gasteiger partial charge on any atom is -0.465 e. The van der Waals surface area contributed by atoms with Gasteiger partial charge in [0, 0.05) is 6.42 Å². The molecule has 0 spiro atoms. The molecule has 1 aliphatic rings. The summed E-state index contributed by atoms with van der Waals surface area (Å²) in [6, 6.07) is 8.66. The van der Waals surface area contributed by atoms with Gasteiger partial charge in [0.1, 0.15) is 6.10 Å². The zero-order valence-electron chi connectivity index (χ0n) is 12.2. The van der Waals surface area contributed by atoms with Crippen LogP contribution in [0.5, 0.6) is 0 Å². The number of nitrogens with one attached hydrogen (secondary N) is 1. The van der Waals surface area contributed by atoms with E-state index in [1.807, 2.05) is 30.3 Å². The lowest BCUT2D eigenvalue weighted by atomic mass is 9.98. The Morgan fingerprint density at radius 3 is 2.62 bits per heavy atom. The van der Waals surface area contributed by atoms with Crippen LogP contribution in [0, 0.1) is 0 Å². The SMILES string of the molecule is CC1(C)OC[C@@H](C(NC(=O)O)[C@H](O)Cc2ccccc2)O1. The summed E-state index contributed by atoms with van der Waals surface area (Å²) in [5.41, 5.74) is 0.931. The zero-order chi connectivity index (χ0) is 15.5. The molecule has 1 amide bonds. The maximum atomic E-state index is 11.0. The van der Waals surface area contributed by atoms with E-state index < -0.39 is 30.1 Å². The summed E-state index contributed by atoms with van der Waals surface area (Å²) in [5.74, 6) is -0.768. The molecule has 3 atom stereocenters. The summed E-state index contributed by atoms with van der Waals surface area (Å²) in [5, 5.41) is 21.7. The van der Waals surface area contributed by atoms with Gasteiger partial charge in [-0.25, -0.2) is 4.79 Å². The van der Waals surface area contributed by atoms with Gasteiger partial charge >= 0.3 is 6.09 Å². The molecule has 6 heteroatoms. The molecule has 1 saturated heterocycles. The minimum absolute atomic E-state index is 0.240. The Labute approximate surface area is 123 Å². The van der Waals surface area contributed by atoms with Crippen molar-refractivity contribution in [3.8, 4) is 0 Å². The van der Waals surface area contributed by atoms with Crippen molar-refractivity contribution < 1.29 is 24.5 Å². The van der Waals surface area contributed by atoms with E-state index >= 15 is 0 Å². The fraction of sp³-hybridized carbons (Fsp3) is 0.533. The van der Waals surface area contributed by atoms with E-state index in [9.17, 15) is 9.90 Å². The first-order valence-electron chi connectivity index (χ1n) is 6.90. The number of hydrogen-bond acceptors (Lipinski definition) is 4. The van der Waals surface area contributed by atoms with Crippen LogP contribution < -0.4 is 5.32 Å². The third-order valence-corrected chi connectivity index (χ3v) is 3.42.